The number of aliphatic hydroxyl groups is 1. The van der Waals surface area contributed by atoms with Crippen LogP contribution in [0.5, 0.6) is 5.75 Å². The molecule has 1 heterocycles. The Morgan fingerprint density at radius 1 is 1.24 bits per heavy atom. The molecule has 21 heavy (non-hydrogen) atoms. The molecule has 2 atom stereocenters. The average molecular weight is 289 g/mol. The summed E-state index contributed by atoms with van der Waals surface area (Å²) >= 11 is 0. The van der Waals surface area contributed by atoms with Gasteiger partial charge in [0.25, 0.3) is 0 Å². The topological polar surface area (TPSA) is 65.6 Å². The van der Waals surface area contributed by atoms with Crippen LogP contribution in [0.25, 0.3) is 0 Å². The monoisotopic (exact) mass is 289 g/mol. The first-order valence-corrected chi connectivity index (χ1v) is 7.24. The molecule has 0 aliphatic rings. The summed E-state index contributed by atoms with van der Waals surface area (Å²) in [5, 5.41) is 23.8. The summed E-state index contributed by atoms with van der Waals surface area (Å²) in [6, 6.07) is 10.9. The van der Waals surface area contributed by atoms with Crippen LogP contribution in [0, 0.1) is 6.92 Å². The molecule has 0 saturated carbocycles. The van der Waals surface area contributed by atoms with Crippen LogP contribution in [0.15, 0.2) is 40.8 Å². The van der Waals surface area contributed by atoms with Crippen LogP contribution < -0.4 is 5.32 Å². The molecule has 114 valence electrons. The van der Waals surface area contributed by atoms with Crippen molar-refractivity contribution in [3.05, 3.63) is 53.5 Å². The van der Waals surface area contributed by atoms with Crippen molar-refractivity contribution in [2.24, 2.45) is 0 Å². The van der Waals surface area contributed by atoms with Gasteiger partial charge in [-0.2, -0.15) is 0 Å². The van der Waals surface area contributed by atoms with Crippen molar-refractivity contribution in [3.8, 4) is 5.75 Å². The summed E-state index contributed by atoms with van der Waals surface area (Å²) in [5.41, 5.74) is -0.252. The molecule has 0 fully saturated rings. The summed E-state index contributed by atoms with van der Waals surface area (Å²) in [7, 11) is 0. The molecular formula is C17H23NO3. The molecule has 4 nitrogen and oxygen atoms in total. The zero-order valence-corrected chi connectivity index (χ0v) is 12.8. The lowest BCUT2D eigenvalue weighted by atomic mass is 10.00. The van der Waals surface area contributed by atoms with Gasteiger partial charge in [-0.05, 0) is 38.5 Å². The molecule has 0 aliphatic carbocycles. The van der Waals surface area contributed by atoms with Crippen LogP contribution >= 0.6 is 0 Å². The number of aryl methyl sites for hydroxylation is 1. The fourth-order valence-corrected chi connectivity index (χ4v) is 2.39. The fourth-order valence-electron chi connectivity index (χ4n) is 2.39. The molecule has 2 aromatic rings. The molecule has 0 spiro atoms. The van der Waals surface area contributed by atoms with Gasteiger partial charge in [0.1, 0.15) is 22.9 Å². The zero-order valence-electron chi connectivity index (χ0n) is 12.8. The lowest BCUT2D eigenvalue weighted by Gasteiger charge is -2.26. The van der Waals surface area contributed by atoms with E-state index in [1.54, 1.807) is 25.1 Å². The van der Waals surface area contributed by atoms with Gasteiger partial charge in [0.05, 0.1) is 0 Å². The number of para-hydroxylation sites is 1. The van der Waals surface area contributed by atoms with Gasteiger partial charge < -0.3 is 19.9 Å². The lowest BCUT2D eigenvalue weighted by Crippen LogP contribution is -2.37. The Balaban J connectivity index is 2.08. The Bertz CT molecular complexity index is 589. The summed E-state index contributed by atoms with van der Waals surface area (Å²) < 4.78 is 5.50. The van der Waals surface area contributed by atoms with E-state index in [9.17, 15) is 10.2 Å². The number of nitrogens with one attached hydrogen (secondary N) is 1. The van der Waals surface area contributed by atoms with E-state index in [4.69, 9.17) is 4.42 Å². The number of benzene rings is 1. The SMILES string of the molecule is CC[C@@H](NC[C@](C)(O)c1ccc(C)o1)c1ccccc1O. The van der Waals surface area contributed by atoms with Crippen molar-refractivity contribution < 1.29 is 14.6 Å². The lowest BCUT2D eigenvalue weighted by molar-refractivity contribution is 0.0305. The van der Waals surface area contributed by atoms with E-state index in [-0.39, 0.29) is 11.8 Å². The fraction of sp³-hybridized carbons (Fsp3) is 0.412. The molecule has 0 aliphatic heterocycles. The summed E-state index contributed by atoms with van der Waals surface area (Å²) in [6.07, 6.45) is 0.810. The first-order valence-electron chi connectivity index (χ1n) is 7.24. The summed E-state index contributed by atoms with van der Waals surface area (Å²) in [5.74, 6) is 1.59. The molecule has 4 heteroatoms. The molecule has 0 amide bonds. The number of rotatable bonds is 6. The number of furan rings is 1. The predicted molar refractivity (Wildman–Crippen MR) is 82.2 cm³/mol. The maximum atomic E-state index is 10.5. The Morgan fingerprint density at radius 2 is 1.95 bits per heavy atom. The highest BCUT2D eigenvalue weighted by Gasteiger charge is 2.28. The van der Waals surface area contributed by atoms with Crippen LogP contribution in [0.1, 0.15) is 43.4 Å². The Hall–Kier alpha value is -1.78. The van der Waals surface area contributed by atoms with Crippen molar-refractivity contribution in [1.29, 1.82) is 0 Å². The van der Waals surface area contributed by atoms with Crippen molar-refractivity contribution in [1.82, 2.24) is 5.32 Å². The number of hydrogen-bond donors (Lipinski definition) is 3. The predicted octanol–water partition coefficient (Wildman–Crippen LogP) is 3.24. The van der Waals surface area contributed by atoms with Crippen molar-refractivity contribution >= 4 is 0 Å². The normalized spacial score (nSPS) is 15.6. The molecule has 1 aromatic carbocycles. The Kier molecular flexibility index (Phi) is 4.70. The van der Waals surface area contributed by atoms with Gasteiger partial charge in [0, 0.05) is 18.2 Å². The van der Waals surface area contributed by atoms with Gasteiger partial charge >= 0.3 is 0 Å². The highest BCUT2D eigenvalue weighted by atomic mass is 16.4. The highest BCUT2D eigenvalue weighted by molar-refractivity contribution is 5.34. The molecule has 3 N–H and O–H groups in total. The Labute approximate surface area is 125 Å². The van der Waals surface area contributed by atoms with Gasteiger partial charge in [0.15, 0.2) is 0 Å². The van der Waals surface area contributed by atoms with E-state index in [0.29, 0.717) is 12.3 Å². The van der Waals surface area contributed by atoms with Gasteiger partial charge in [-0.15, -0.1) is 0 Å². The second-order valence-electron chi connectivity index (χ2n) is 5.58. The molecular weight excluding hydrogens is 266 g/mol. The van der Waals surface area contributed by atoms with Gasteiger partial charge in [-0.25, -0.2) is 0 Å². The van der Waals surface area contributed by atoms with E-state index < -0.39 is 5.60 Å². The number of aromatic hydroxyl groups is 1. The minimum atomic E-state index is -1.09. The van der Waals surface area contributed by atoms with E-state index in [2.05, 4.69) is 5.32 Å². The maximum absolute atomic E-state index is 10.5. The summed E-state index contributed by atoms with van der Waals surface area (Å²) in [4.78, 5) is 0. The van der Waals surface area contributed by atoms with E-state index in [1.165, 1.54) is 0 Å². The van der Waals surface area contributed by atoms with E-state index in [1.807, 2.05) is 32.0 Å². The minimum Gasteiger partial charge on any atom is -0.508 e. The van der Waals surface area contributed by atoms with Crippen molar-refractivity contribution in [2.75, 3.05) is 6.54 Å². The van der Waals surface area contributed by atoms with Crippen LogP contribution in [0.3, 0.4) is 0 Å². The first-order chi connectivity index (χ1) is 9.94. The third-order valence-corrected chi connectivity index (χ3v) is 3.68. The third kappa shape index (κ3) is 3.65. The number of hydrogen-bond acceptors (Lipinski definition) is 4. The molecule has 2 rings (SSSR count). The van der Waals surface area contributed by atoms with Crippen LogP contribution in [-0.4, -0.2) is 16.8 Å². The second-order valence-corrected chi connectivity index (χ2v) is 5.58. The Morgan fingerprint density at radius 3 is 2.52 bits per heavy atom. The van der Waals surface area contributed by atoms with Gasteiger partial charge in [-0.1, -0.05) is 25.1 Å². The van der Waals surface area contributed by atoms with Crippen LogP contribution in [-0.2, 0) is 5.60 Å². The van der Waals surface area contributed by atoms with Gasteiger partial charge in [0.2, 0.25) is 0 Å². The first kappa shape index (κ1) is 15.6. The molecule has 0 bridgehead atoms. The second kappa shape index (κ2) is 6.33. The standard InChI is InChI=1S/C17H23NO3/c1-4-14(13-7-5-6-8-15(13)19)18-11-17(3,20)16-10-9-12(2)21-16/h5-10,14,18-20H,4,11H2,1-3H3/t14-,17+/m1/s1. The molecule has 1 aromatic heterocycles. The zero-order chi connectivity index (χ0) is 15.5. The smallest absolute Gasteiger partial charge is 0.136 e. The molecule has 0 unspecified atom stereocenters. The van der Waals surface area contributed by atoms with Crippen LogP contribution in [0.4, 0.5) is 0 Å². The van der Waals surface area contributed by atoms with Crippen molar-refractivity contribution in [3.63, 3.8) is 0 Å². The maximum Gasteiger partial charge on any atom is 0.136 e. The molecule has 0 radical (unpaired) electrons. The number of phenolic OH excluding ortho intramolecular Hbond substituents is 1. The van der Waals surface area contributed by atoms with E-state index >= 15 is 0 Å². The average Bonchev–Trinajstić information content (AvgIpc) is 2.89. The van der Waals surface area contributed by atoms with Crippen molar-refractivity contribution in [2.45, 2.75) is 38.8 Å². The van der Waals surface area contributed by atoms with E-state index in [0.717, 1.165) is 17.7 Å². The largest absolute Gasteiger partial charge is 0.508 e. The quantitative estimate of drug-likeness (QED) is 0.764. The third-order valence-electron chi connectivity index (χ3n) is 3.68. The number of phenols is 1. The van der Waals surface area contributed by atoms with Gasteiger partial charge in [-0.3, -0.25) is 0 Å². The van der Waals surface area contributed by atoms with Crippen LogP contribution in [0.2, 0.25) is 0 Å². The highest BCUT2D eigenvalue weighted by Crippen LogP contribution is 2.28. The molecule has 0 saturated heterocycles. The summed E-state index contributed by atoms with van der Waals surface area (Å²) in [6.45, 7) is 5.95. The minimum absolute atomic E-state index is 0.0197.